The molecule has 0 nitrogen and oxygen atoms in total. The number of allylic oxidation sites excluding steroid dienone is 4. The summed E-state index contributed by atoms with van der Waals surface area (Å²) in [5.41, 5.74) is 2.81. The average Bonchev–Trinajstić information content (AvgIpc) is 2.98. The van der Waals surface area contributed by atoms with E-state index in [0.717, 1.165) is 35.5 Å². The zero-order valence-corrected chi connectivity index (χ0v) is 18.8. The Morgan fingerprint density at radius 2 is 1.81 bits per heavy atom. The molecule has 0 radical (unpaired) electrons. The van der Waals surface area contributed by atoms with Gasteiger partial charge in [-0.1, -0.05) is 72.1 Å². The van der Waals surface area contributed by atoms with Crippen LogP contribution in [0.15, 0.2) is 23.8 Å². The number of fused-ring (bicyclic) bond motifs is 5. The third-order valence-corrected chi connectivity index (χ3v) is 9.85. The van der Waals surface area contributed by atoms with E-state index in [0.29, 0.717) is 10.8 Å². The van der Waals surface area contributed by atoms with Crippen LogP contribution < -0.4 is 0 Å². The molecule has 2 fully saturated rings. The first-order chi connectivity index (χ1) is 12.9. The van der Waals surface area contributed by atoms with Crippen LogP contribution in [0, 0.1) is 46.3 Å². The SMILES string of the molecule is CC(C)CCC[C@@H](C)C1CC[C@H]2[C@@H]3CC=C4C=CCC[C@]4(C)[C@H]3CC[C@]12C. The average molecular weight is 369 g/mol. The van der Waals surface area contributed by atoms with Crippen molar-refractivity contribution in [2.75, 3.05) is 0 Å². The van der Waals surface area contributed by atoms with Gasteiger partial charge in [-0.05, 0) is 96.9 Å². The van der Waals surface area contributed by atoms with Gasteiger partial charge in [-0.25, -0.2) is 0 Å². The molecule has 0 aliphatic heterocycles. The maximum Gasteiger partial charge on any atom is -0.00445 e. The summed E-state index contributed by atoms with van der Waals surface area (Å²) in [6.45, 7) is 12.7. The second-order valence-corrected chi connectivity index (χ2v) is 11.7. The van der Waals surface area contributed by atoms with Gasteiger partial charge in [0.25, 0.3) is 0 Å². The number of rotatable bonds is 5. The van der Waals surface area contributed by atoms with Gasteiger partial charge in [-0.3, -0.25) is 0 Å². The predicted octanol–water partition coefficient (Wildman–Crippen LogP) is 8.19. The molecule has 0 N–H and O–H groups in total. The van der Waals surface area contributed by atoms with Crippen molar-refractivity contribution in [1.29, 1.82) is 0 Å². The van der Waals surface area contributed by atoms with Crippen LogP contribution in [-0.4, -0.2) is 0 Å². The summed E-state index contributed by atoms with van der Waals surface area (Å²) in [4.78, 5) is 0. The van der Waals surface area contributed by atoms with Crippen molar-refractivity contribution in [1.82, 2.24) is 0 Å². The van der Waals surface area contributed by atoms with Crippen LogP contribution in [0.4, 0.5) is 0 Å². The standard InChI is InChI=1S/C27H44/c1-19(2)9-8-10-20(3)23-14-15-24-22-13-12-21-11-6-7-17-26(21,4)25(22)16-18-27(23,24)5/h6,11-12,19-20,22-25H,7-10,13-18H2,1-5H3/t20-,22+,23?,24+,25+,26+,27-/m1/s1. The highest BCUT2D eigenvalue weighted by atomic mass is 14.6. The van der Waals surface area contributed by atoms with E-state index < -0.39 is 0 Å². The first kappa shape index (κ1) is 19.8. The molecule has 4 aliphatic carbocycles. The molecule has 7 atom stereocenters. The van der Waals surface area contributed by atoms with Crippen molar-refractivity contribution in [3.8, 4) is 0 Å². The van der Waals surface area contributed by atoms with E-state index in [2.05, 4.69) is 52.8 Å². The van der Waals surface area contributed by atoms with E-state index in [-0.39, 0.29) is 0 Å². The van der Waals surface area contributed by atoms with Crippen molar-refractivity contribution >= 4 is 0 Å². The van der Waals surface area contributed by atoms with Crippen molar-refractivity contribution in [2.45, 2.75) is 98.8 Å². The van der Waals surface area contributed by atoms with E-state index in [1.807, 2.05) is 0 Å². The second-order valence-electron chi connectivity index (χ2n) is 11.7. The molecule has 0 bridgehead atoms. The molecule has 27 heavy (non-hydrogen) atoms. The summed E-state index contributed by atoms with van der Waals surface area (Å²) in [6.07, 6.45) is 22.0. The van der Waals surface area contributed by atoms with Crippen LogP contribution in [0.3, 0.4) is 0 Å². The molecule has 152 valence electrons. The molecule has 4 rings (SSSR count). The van der Waals surface area contributed by atoms with Crippen molar-refractivity contribution < 1.29 is 0 Å². The highest BCUT2D eigenvalue weighted by Crippen LogP contribution is 2.66. The van der Waals surface area contributed by atoms with Gasteiger partial charge < -0.3 is 0 Å². The fourth-order valence-electron chi connectivity index (χ4n) is 8.32. The zero-order chi connectivity index (χ0) is 19.2. The van der Waals surface area contributed by atoms with Crippen molar-refractivity contribution in [3.63, 3.8) is 0 Å². The van der Waals surface area contributed by atoms with Gasteiger partial charge in [0.15, 0.2) is 0 Å². The molecule has 0 aromatic rings. The highest BCUT2D eigenvalue weighted by molar-refractivity contribution is 5.34. The monoisotopic (exact) mass is 368 g/mol. The van der Waals surface area contributed by atoms with E-state index in [1.54, 1.807) is 5.57 Å². The minimum atomic E-state index is 0.486. The van der Waals surface area contributed by atoms with Gasteiger partial charge >= 0.3 is 0 Å². The van der Waals surface area contributed by atoms with Gasteiger partial charge in [-0.15, -0.1) is 0 Å². The van der Waals surface area contributed by atoms with Crippen LogP contribution >= 0.6 is 0 Å². The Morgan fingerprint density at radius 3 is 2.59 bits per heavy atom. The fraction of sp³-hybridized carbons (Fsp3) is 0.852. The minimum Gasteiger partial charge on any atom is -0.0842 e. The lowest BCUT2D eigenvalue weighted by atomic mass is 9.47. The summed E-state index contributed by atoms with van der Waals surface area (Å²) in [7, 11) is 0. The van der Waals surface area contributed by atoms with E-state index in [1.165, 1.54) is 64.2 Å². The van der Waals surface area contributed by atoms with Crippen LogP contribution in [0.2, 0.25) is 0 Å². The van der Waals surface area contributed by atoms with Crippen LogP contribution in [-0.2, 0) is 0 Å². The third-order valence-electron chi connectivity index (χ3n) is 9.85. The zero-order valence-electron chi connectivity index (χ0n) is 18.8. The van der Waals surface area contributed by atoms with E-state index >= 15 is 0 Å². The molecule has 0 saturated heterocycles. The topological polar surface area (TPSA) is 0 Å². The third kappa shape index (κ3) is 3.28. The van der Waals surface area contributed by atoms with Gasteiger partial charge in [0.05, 0.1) is 0 Å². The highest BCUT2D eigenvalue weighted by Gasteiger charge is 2.58. The largest absolute Gasteiger partial charge is 0.0842 e. The number of hydrogen-bond donors (Lipinski definition) is 0. The smallest absolute Gasteiger partial charge is 0.00445 e. The molecule has 0 amide bonds. The summed E-state index contributed by atoms with van der Waals surface area (Å²) < 4.78 is 0. The summed E-state index contributed by atoms with van der Waals surface area (Å²) in [6, 6.07) is 0. The maximum absolute atomic E-state index is 2.72. The van der Waals surface area contributed by atoms with E-state index in [9.17, 15) is 0 Å². The molecule has 0 heteroatoms. The molecular weight excluding hydrogens is 324 g/mol. The lowest BCUT2D eigenvalue weighted by molar-refractivity contribution is -0.0451. The number of hydrogen-bond acceptors (Lipinski definition) is 0. The molecule has 0 aromatic heterocycles. The van der Waals surface area contributed by atoms with Gasteiger partial charge in [-0.2, -0.15) is 0 Å². The Labute approximate surface area is 169 Å². The van der Waals surface area contributed by atoms with Gasteiger partial charge in [0.2, 0.25) is 0 Å². The molecule has 0 aromatic carbocycles. The summed E-state index contributed by atoms with van der Waals surface area (Å²) >= 11 is 0. The molecule has 2 saturated carbocycles. The lowest BCUT2D eigenvalue weighted by Gasteiger charge is -2.57. The Balaban J connectivity index is 1.50. The first-order valence-electron chi connectivity index (χ1n) is 12.2. The van der Waals surface area contributed by atoms with Crippen LogP contribution in [0.25, 0.3) is 0 Å². The van der Waals surface area contributed by atoms with Crippen molar-refractivity contribution in [2.24, 2.45) is 46.3 Å². The molecule has 1 unspecified atom stereocenters. The molecular formula is C27H44. The first-order valence-corrected chi connectivity index (χ1v) is 12.2. The summed E-state index contributed by atoms with van der Waals surface area (Å²) in [5, 5.41) is 0. The molecule has 4 aliphatic rings. The van der Waals surface area contributed by atoms with Crippen LogP contribution in [0.5, 0.6) is 0 Å². The Bertz CT molecular complexity index is 595. The predicted molar refractivity (Wildman–Crippen MR) is 118 cm³/mol. The second kappa shape index (κ2) is 7.38. The Kier molecular flexibility index (Phi) is 5.41. The fourth-order valence-corrected chi connectivity index (χ4v) is 8.32. The molecule has 0 spiro atoms. The van der Waals surface area contributed by atoms with Gasteiger partial charge in [0, 0.05) is 0 Å². The lowest BCUT2D eigenvalue weighted by Crippen LogP contribution is -2.49. The van der Waals surface area contributed by atoms with Gasteiger partial charge in [0.1, 0.15) is 0 Å². The maximum atomic E-state index is 2.72. The van der Waals surface area contributed by atoms with Crippen LogP contribution in [0.1, 0.15) is 98.8 Å². The normalized spacial score (nSPS) is 44.4. The minimum absolute atomic E-state index is 0.486. The quantitative estimate of drug-likeness (QED) is 0.459. The van der Waals surface area contributed by atoms with Crippen molar-refractivity contribution in [3.05, 3.63) is 23.8 Å². The summed E-state index contributed by atoms with van der Waals surface area (Å²) in [5.74, 6) is 5.70. The van der Waals surface area contributed by atoms with E-state index in [4.69, 9.17) is 0 Å². The Morgan fingerprint density at radius 1 is 1.00 bits per heavy atom. The Hall–Kier alpha value is -0.520. The molecule has 0 heterocycles.